The van der Waals surface area contributed by atoms with Crippen molar-refractivity contribution < 1.29 is 17.6 Å². The Labute approximate surface area is 167 Å². The lowest BCUT2D eigenvalue weighted by atomic mass is 10.0. The molecule has 3 heterocycles. The number of halogens is 1. The van der Waals surface area contributed by atoms with Gasteiger partial charge in [0, 0.05) is 37.7 Å². The minimum atomic E-state index is -3.64. The summed E-state index contributed by atoms with van der Waals surface area (Å²) < 4.78 is 43.8. The molecule has 10 heteroatoms. The highest BCUT2D eigenvalue weighted by atomic mass is 32.2. The molecule has 1 amide bonds. The molecule has 0 radical (unpaired) electrons. The van der Waals surface area contributed by atoms with Gasteiger partial charge in [0.25, 0.3) is 15.9 Å². The summed E-state index contributed by atoms with van der Waals surface area (Å²) in [5.41, 5.74) is 0.337. The second kappa shape index (κ2) is 7.28. The van der Waals surface area contributed by atoms with E-state index in [4.69, 9.17) is 0 Å². The number of amides is 1. The molecule has 0 bridgehead atoms. The standard InChI is InChI=1S/C19H18FN5O3S/c1-24-10-8-21-18(24)16(13-5-2-3-7-15(13)20)22-19(26)14-6-4-9-25-11-12-29(27,28)23-17(14)25/h2-10,16H,11-12H2,1H3,(H,22,26). The smallest absolute Gasteiger partial charge is 0.256 e. The first-order valence-corrected chi connectivity index (χ1v) is 10.5. The van der Waals surface area contributed by atoms with Gasteiger partial charge >= 0.3 is 0 Å². The van der Waals surface area contributed by atoms with Gasteiger partial charge in [-0.05, 0) is 18.2 Å². The SMILES string of the molecule is Cn1ccnc1C(NC(=O)C1=CC=CN2CCS(=O)(=O)N=C12)c1ccccc1F. The van der Waals surface area contributed by atoms with Crippen molar-refractivity contribution in [1.82, 2.24) is 19.8 Å². The van der Waals surface area contributed by atoms with Crippen molar-refractivity contribution in [3.8, 4) is 0 Å². The third-order valence-corrected chi connectivity index (χ3v) is 5.86. The van der Waals surface area contributed by atoms with Crippen molar-refractivity contribution >= 4 is 21.8 Å². The second-order valence-corrected chi connectivity index (χ2v) is 8.40. The van der Waals surface area contributed by atoms with Crippen LogP contribution in [0.3, 0.4) is 0 Å². The topological polar surface area (TPSA) is 96.7 Å². The number of fused-ring (bicyclic) bond motifs is 1. The second-order valence-electron chi connectivity index (χ2n) is 6.64. The Kier molecular flexibility index (Phi) is 4.79. The highest BCUT2D eigenvalue weighted by Crippen LogP contribution is 2.25. The molecule has 150 valence electrons. The van der Waals surface area contributed by atoms with E-state index in [9.17, 15) is 17.6 Å². The largest absolute Gasteiger partial charge is 0.338 e. The maximum absolute atomic E-state index is 14.5. The number of imidazole rings is 1. The van der Waals surface area contributed by atoms with Crippen LogP contribution in [0.15, 0.2) is 65.0 Å². The molecule has 1 aromatic heterocycles. The Hall–Kier alpha value is -3.27. The van der Waals surface area contributed by atoms with Gasteiger partial charge in [0.15, 0.2) is 5.84 Å². The van der Waals surface area contributed by atoms with Crippen LogP contribution < -0.4 is 5.32 Å². The zero-order valence-electron chi connectivity index (χ0n) is 15.5. The summed E-state index contributed by atoms with van der Waals surface area (Å²) >= 11 is 0. The number of hydrogen-bond donors (Lipinski definition) is 1. The highest BCUT2D eigenvalue weighted by Gasteiger charge is 2.32. The zero-order valence-corrected chi connectivity index (χ0v) is 16.3. The Bertz CT molecular complexity index is 1170. The molecule has 0 saturated heterocycles. The van der Waals surface area contributed by atoms with E-state index < -0.39 is 27.8 Å². The maximum Gasteiger partial charge on any atom is 0.256 e. The fraction of sp³-hybridized carbons (Fsp3) is 0.211. The third kappa shape index (κ3) is 3.70. The first-order chi connectivity index (χ1) is 13.9. The molecular formula is C19H18FN5O3S. The van der Waals surface area contributed by atoms with Crippen molar-refractivity contribution in [2.45, 2.75) is 6.04 Å². The van der Waals surface area contributed by atoms with Gasteiger partial charge in [-0.25, -0.2) is 17.8 Å². The highest BCUT2D eigenvalue weighted by molar-refractivity contribution is 7.90. The lowest BCUT2D eigenvalue weighted by Gasteiger charge is -2.29. The number of aryl methyl sites for hydroxylation is 1. The predicted molar refractivity (Wildman–Crippen MR) is 105 cm³/mol. The number of hydrogen-bond acceptors (Lipinski definition) is 5. The van der Waals surface area contributed by atoms with E-state index in [-0.39, 0.29) is 29.3 Å². The summed E-state index contributed by atoms with van der Waals surface area (Å²) in [6.07, 6.45) is 8.04. The minimum absolute atomic E-state index is 0.0587. The van der Waals surface area contributed by atoms with Gasteiger partial charge in [0.05, 0.1) is 11.3 Å². The van der Waals surface area contributed by atoms with E-state index in [1.807, 2.05) is 0 Å². The quantitative estimate of drug-likeness (QED) is 0.811. The van der Waals surface area contributed by atoms with Crippen LogP contribution in [-0.4, -0.2) is 46.9 Å². The molecule has 0 fully saturated rings. The fourth-order valence-corrected chi connectivity index (χ4v) is 4.23. The molecule has 1 unspecified atom stereocenters. The molecule has 2 aliphatic heterocycles. The van der Waals surface area contributed by atoms with Gasteiger partial charge in [0.1, 0.15) is 17.7 Å². The van der Waals surface area contributed by atoms with E-state index >= 15 is 0 Å². The fourth-order valence-electron chi connectivity index (χ4n) is 3.25. The summed E-state index contributed by atoms with van der Waals surface area (Å²) in [7, 11) is -1.90. The van der Waals surface area contributed by atoms with Crippen LogP contribution in [0.1, 0.15) is 17.4 Å². The molecule has 0 spiro atoms. The summed E-state index contributed by atoms with van der Waals surface area (Å²) in [6, 6.07) is 5.23. The lowest BCUT2D eigenvalue weighted by Crippen LogP contribution is -2.43. The van der Waals surface area contributed by atoms with Crippen molar-refractivity contribution in [1.29, 1.82) is 0 Å². The van der Waals surface area contributed by atoms with Crippen LogP contribution in [-0.2, 0) is 21.9 Å². The number of benzene rings is 1. The number of allylic oxidation sites excluding steroid dienone is 2. The number of aromatic nitrogens is 2. The number of carbonyl (C=O) groups is 1. The number of nitrogens with zero attached hydrogens (tertiary/aromatic N) is 4. The van der Waals surface area contributed by atoms with E-state index in [2.05, 4.69) is 14.7 Å². The molecule has 0 aliphatic carbocycles. The van der Waals surface area contributed by atoms with Crippen molar-refractivity contribution in [2.75, 3.05) is 12.3 Å². The summed E-state index contributed by atoms with van der Waals surface area (Å²) in [5, 5.41) is 2.78. The predicted octanol–water partition coefficient (Wildman–Crippen LogP) is 1.26. The molecule has 1 atom stereocenters. The average molecular weight is 415 g/mol. The first-order valence-electron chi connectivity index (χ1n) is 8.86. The van der Waals surface area contributed by atoms with Crippen LogP contribution in [0.2, 0.25) is 0 Å². The van der Waals surface area contributed by atoms with Crippen LogP contribution in [0.25, 0.3) is 0 Å². The molecule has 1 N–H and O–H groups in total. The van der Waals surface area contributed by atoms with E-state index in [0.29, 0.717) is 5.82 Å². The van der Waals surface area contributed by atoms with E-state index in [1.54, 1.807) is 59.4 Å². The monoisotopic (exact) mass is 415 g/mol. The van der Waals surface area contributed by atoms with Gasteiger partial charge in [-0.2, -0.15) is 0 Å². The zero-order chi connectivity index (χ0) is 20.6. The normalized spacial score (nSPS) is 18.5. The van der Waals surface area contributed by atoms with Crippen LogP contribution in [0.5, 0.6) is 0 Å². The van der Waals surface area contributed by atoms with Gasteiger partial charge in [-0.1, -0.05) is 18.2 Å². The van der Waals surface area contributed by atoms with Gasteiger partial charge in [-0.15, -0.1) is 4.40 Å². The maximum atomic E-state index is 14.5. The van der Waals surface area contributed by atoms with Crippen LogP contribution in [0.4, 0.5) is 4.39 Å². The summed E-state index contributed by atoms with van der Waals surface area (Å²) in [4.78, 5) is 18.9. The Morgan fingerprint density at radius 2 is 2.10 bits per heavy atom. The Balaban J connectivity index is 1.72. The Morgan fingerprint density at radius 3 is 2.83 bits per heavy atom. The van der Waals surface area contributed by atoms with Gasteiger partial charge < -0.3 is 14.8 Å². The van der Waals surface area contributed by atoms with Gasteiger partial charge in [0.2, 0.25) is 0 Å². The van der Waals surface area contributed by atoms with Crippen molar-refractivity contribution in [2.24, 2.45) is 11.4 Å². The minimum Gasteiger partial charge on any atom is -0.338 e. The average Bonchev–Trinajstić information content (AvgIpc) is 3.11. The number of nitrogens with one attached hydrogen (secondary N) is 1. The lowest BCUT2D eigenvalue weighted by molar-refractivity contribution is -0.117. The third-order valence-electron chi connectivity index (χ3n) is 4.71. The molecule has 29 heavy (non-hydrogen) atoms. The number of carbonyl (C=O) groups excluding carboxylic acids is 1. The molecule has 1 aromatic carbocycles. The van der Waals surface area contributed by atoms with Gasteiger partial charge in [-0.3, -0.25) is 4.79 Å². The summed E-state index contributed by atoms with van der Waals surface area (Å²) in [5.74, 6) is -0.696. The first kappa shape index (κ1) is 19.1. The van der Waals surface area contributed by atoms with Crippen molar-refractivity contribution in [3.05, 3.63) is 77.8 Å². The number of sulfonamides is 1. The van der Waals surface area contributed by atoms with E-state index in [0.717, 1.165) is 0 Å². The molecule has 8 nitrogen and oxygen atoms in total. The van der Waals surface area contributed by atoms with Crippen LogP contribution in [0, 0.1) is 5.82 Å². The van der Waals surface area contributed by atoms with Crippen LogP contribution >= 0.6 is 0 Å². The Morgan fingerprint density at radius 1 is 1.31 bits per heavy atom. The van der Waals surface area contributed by atoms with E-state index in [1.165, 1.54) is 12.1 Å². The number of amidine groups is 1. The number of rotatable bonds is 4. The summed E-state index contributed by atoms with van der Waals surface area (Å²) in [6.45, 7) is 0.207. The molecule has 0 saturated carbocycles. The molecule has 2 aliphatic rings. The molecule has 2 aromatic rings. The molecule has 4 rings (SSSR count). The molecular weight excluding hydrogens is 397 g/mol. The van der Waals surface area contributed by atoms with Crippen molar-refractivity contribution in [3.63, 3.8) is 0 Å².